The van der Waals surface area contributed by atoms with Gasteiger partial charge >= 0.3 is 0 Å². The van der Waals surface area contributed by atoms with E-state index in [-0.39, 0.29) is 11.6 Å². The number of H-pyrrole nitrogens is 1. The van der Waals surface area contributed by atoms with E-state index in [1.165, 1.54) is 18.4 Å². The van der Waals surface area contributed by atoms with Crippen LogP contribution in [0.15, 0.2) is 89.1 Å². The highest BCUT2D eigenvalue weighted by Crippen LogP contribution is 2.23. The largest absolute Gasteiger partial charge is 0.333 e. The SMILES string of the molecule is O=C(N/N=C/C=C/c1ccccc1[N+](=O)[O-])c1ccc(CSc2nc3ccccc3[nH]2)cc1. The molecule has 1 amide bonds. The predicted octanol–water partition coefficient (Wildman–Crippen LogP) is 5.19. The van der Waals surface area contributed by atoms with E-state index in [1.54, 1.807) is 48.2 Å². The van der Waals surface area contributed by atoms with Crippen molar-refractivity contribution in [3.05, 3.63) is 106 Å². The van der Waals surface area contributed by atoms with Crippen LogP contribution >= 0.6 is 11.8 Å². The van der Waals surface area contributed by atoms with E-state index in [2.05, 4.69) is 20.5 Å². The maximum atomic E-state index is 12.3. The summed E-state index contributed by atoms with van der Waals surface area (Å²) in [6.07, 6.45) is 4.45. The molecule has 0 aliphatic rings. The minimum absolute atomic E-state index is 0.00441. The molecule has 4 aromatic rings. The third-order valence-corrected chi connectivity index (χ3v) is 5.64. The number of amides is 1. The molecule has 8 nitrogen and oxygen atoms in total. The molecule has 0 saturated carbocycles. The maximum absolute atomic E-state index is 12.3. The summed E-state index contributed by atoms with van der Waals surface area (Å²) in [7, 11) is 0. The first-order chi connectivity index (χ1) is 16.1. The number of hydrogen-bond acceptors (Lipinski definition) is 6. The van der Waals surface area contributed by atoms with E-state index in [1.807, 2.05) is 36.4 Å². The fourth-order valence-corrected chi connectivity index (χ4v) is 3.89. The van der Waals surface area contributed by atoms with Gasteiger partial charge in [0.1, 0.15) is 0 Å². The average Bonchev–Trinajstić information content (AvgIpc) is 3.26. The maximum Gasteiger partial charge on any atom is 0.276 e. The number of aromatic nitrogens is 2. The summed E-state index contributed by atoms with van der Waals surface area (Å²) in [6.45, 7) is 0. The van der Waals surface area contributed by atoms with Gasteiger partial charge in [0.25, 0.3) is 11.6 Å². The van der Waals surface area contributed by atoms with Crippen LogP contribution in [0.1, 0.15) is 21.5 Å². The van der Waals surface area contributed by atoms with E-state index in [9.17, 15) is 14.9 Å². The second-order valence-electron chi connectivity index (χ2n) is 6.94. The zero-order chi connectivity index (χ0) is 23.0. The highest BCUT2D eigenvalue weighted by Gasteiger charge is 2.09. The number of carbonyl (C=O) groups excluding carboxylic acids is 1. The number of nitro benzene ring substituents is 1. The van der Waals surface area contributed by atoms with Gasteiger partial charge in [0.15, 0.2) is 5.16 Å². The third-order valence-electron chi connectivity index (χ3n) is 4.70. The van der Waals surface area contributed by atoms with E-state index >= 15 is 0 Å². The van der Waals surface area contributed by atoms with Crippen LogP contribution in [0.3, 0.4) is 0 Å². The molecule has 1 heterocycles. The number of nitrogens with one attached hydrogen (secondary N) is 2. The predicted molar refractivity (Wildman–Crippen MR) is 130 cm³/mol. The van der Waals surface area contributed by atoms with Gasteiger partial charge in [-0.1, -0.05) is 48.2 Å². The minimum Gasteiger partial charge on any atom is -0.333 e. The lowest BCUT2D eigenvalue weighted by molar-refractivity contribution is -0.385. The summed E-state index contributed by atoms with van der Waals surface area (Å²) in [5.74, 6) is 0.373. The number of aromatic amines is 1. The summed E-state index contributed by atoms with van der Waals surface area (Å²) in [5, 5.41) is 15.7. The monoisotopic (exact) mass is 457 g/mol. The molecule has 2 N–H and O–H groups in total. The summed E-state index contributed by atoms with van der Waals surface area (Å²) < 4.78 is 0. The van der Waals surface area contributed by atoms with Gasteiger partial charge < -0.3 is 4.98 Å². The third kappa shape index (κ3) is 5.72. The van der Waals surface area contributed by atoms with Crippen molar-refractivity contribution in [2.75, 3.05) is 0 Å². The molecule has 164 valence electrons. The first kappa shape index (κ1) is 22.0. The van der Waals surface area contributed by atoms with Gasteiger partial charge in [-0.2, -0.15) is 5.10 Å². The first-order valence-corrected chi connectivity index (χ1v) is 11.0. The molecule has 4 rings (SSSR count). The number of hydrogen-bond donors (Lipinski definition) is 2. The van der Waals surface area contributed by atoms with Crippen LogP contribution in [-0.4, -0.2) is 27.0 Å². The van der Waals surface area contributed by atoms with Crippen molar-refractivity contribution in [1.29, 1.82) is 0 Å². The van der Waals surface area contributed by atoms with Crippen molar-refractivity contribution in [3.63, 3.8) is 0 Å². The molecule has 0 aliphatic carbocycles. The van der Waals surface area contributed by atoms with Crippen molar-refractivity contribution >= 4 is 46.7 Å². The number of nitro groups is 1. The normalized spacial score (nSPS) is 11.4. The minimum atomic E-state index is -0.447. The second-order valence-corrected chi connectivity index (χ2v) is 7.90. The number of rotatable bonds is 8. The Morgan fingerprint density at radius 2 is 1.85 bits per heavy atom. The van der Waals surface area contributed by atoms with Crippen LogP contribution in [0.4, 0.5) is 5.69 Å². The number of allylic oxidation sites excluding steroid dienone is 1. The van der Waals surface area contributed by atoms with Crippen molar-refractivity contribution in [1.82, 2.24) is 15.4 Å². The summed E-state index contributed by atoms with van der Waals surface area (Å²) >= 11 is 1.59. The molecule has 0 bridgehead atoms. The average molecular weight is 458 g/mol. The Kier molecular flexibility index (Phi) is 6.91. The summed E-state index contributed by atoms with van der Waals surface area (Å²) in [5.41, 5.74) is 6.38. The van der Waals surface area contributed by atoms with Gasteiger partial charge in [-0.05, 0) is 48.0 Å². The lowest BCUT2D eigenvalue weighted by Gasteiger charge is -2.02. The molecule has 0 saturated heterocycles. The highest BCUT2D eigenvalue weighted by atomic mass is 32.2. The van der Waals surface area contributed by atoms with Gasteiger partial charge in [-0.15, -0.1) is 0 Å². The van der Waals surface area contributed by atoms with Crippen molar-refractivity contribution in [3.8, 4) is 0 Å². The Labute approximate surface area is 193 Å². The van der Waals surface area contributed by atoms with Gasteiger partial charge in [-0.3, -0.25) is 14.9 Å². The number of hydrazone groups is 1. The number of para-hydroxylation sites is 3. The zero-order valence-corrected chi connectivity index (χ0v) is 18.2. The fraction of sp³-hybridized carbons (Fsp3) is 0.0417. The molecule has 0 spiro atoms. The molecule has 0 radical (unpaired) electrons. The van der Waals surface area contributed by atoms with Crippen LogP contribution < -0.4 is 5.43 Å². The Bertz CT molecular complexity index is 1310. The Morgan fingerprint density at radius 3 is 2.64 bits per heavy atom. The molecule has 0 atom stereocenters. The molecule has 0 aliphatic heterocycles. The van der Waals surface area contributed by atoms with Gasteiger partial charge in [0.2, 0.25) is 0 Å². The molecule has 0 fully saturated rings. The van der Waals surface area contributed by atoms with Crippen LogP contribution in [0, 0.1) is 10.1 Å². The van der Waals surface area contributed by atoms with Crippen molar-refractivity contribution < 1.29 is 9.72 Å². The summed E-state index contributed by atoms with van der Waals surface area (Å²) in [6, 6.07) is 21.5. The Balaban J connectivity index is 1.28. The van der Waals surface area contributed by atoms with Crippen LogP contribution in [0.25, 0.3) is 17.1 Å². The van der Waals surface area contributed by atoms with E-state index in [0.717, 1.165) is 27.5 Å². The van der Waals surface area contributed by atoms with Crippen LogP contribution in [-0.2, 0) is 5.75 Å². The van der Waals surface area contributed by atoms with Gasteiger partial charge in [0.05, 0.1) is 21.5 Å². The van der Waals surface area contributed by atoms with Crippen LogP contribution in [0.2, 0.25) is 0 Å². The van der Waals surface area contributed by atoms with E-state index in [4.69, 9.17) is 0 Å². The summed E-state index contributed by atoms with van der Waals surface area (Å²) in [4.78, 5) is 30.6. The number of carbonyl (C=O) groups is 1. The van der Waals surface area contributed by atoms with Crippen molar-refractivity contribution in [2.24, 2.45) is 5.10 Å². The molecule has 9 heteroatoms. The molecule has 0 unspecified atom stereocenters. The van der Waals surface area contributed by atoms with Gasteiger partial charge in [-0.25, -0.2) is 10.4 Å². The lowest BCUT2D eigenvalue weighted by atomic mass is 10.1. The van der Waals surface area contributed by atoms with E-state index < -0.39 is 4.92 Å². The molecular formula is C24H19N5O3S. The zero-order valence-electron chi connectivity index (χ0n) is 17.3. The van der Waals surface area contributed by atoms with E-state index in [0.29, 0.717) is 11.1 Å². The number of imidazole rings is 1. The fourth-order valence-electron chi connectivity index (χ4n) is 3.05. The molecule has 3 aromatic carbocycles. The molecule has 33 heavy (non-hydrogen) atoms. The topological polar surface area (TPSA) is 113 Å². The quantitative estimate of drug-likeness (QED) is 0.164. The Hall–Kier alpha value is -4.24. The Morgan fingerprint density at radius 1 is 1.09 bits per heavy atom. The van der Waals surface area contributed by atoms with Gasteiger partial charge in [0, 0.05) is 23.6 Å². The first-order valence-electron chi connectivity index (χ1n) is 10.00. The highest BCUT2D eigenvalue weighted by molar-refractivity contribution is 7.98. The van der Waals surface area contributed by atoms with Crippen LogP contribution in [0.5, 0.6) is 0 Å². The number of thioether (sulfide) groups is 1. The standard InChI is InChI=1S/C24H19N5O3S/c30-23(28-25-15-5-7-18-6-1-4-10-22(18)29(31)32)19-13-11-17(12-14-19)16-33-24-26-20-8-2-3-9-21(20)27-24/h1-15H,16H2,(H,26,27)(H,28,30)/b7-5+,25-15+. The number of fused-ring (bicyclic) bond motifs is 1. The lowest BCUT2D eigenvalue weighted by Crippen LogP contribution is -2.17. The number of nitrogens with zero attached hydrogens (tertiary/aromatic N) is 3. The smallest absolute Gasteiger partial charge is 0.276 e. The van der Waals surface area contributed by atoms with Crippen molar-refractivity contribution in [2.45, 2.75) is 10.9 Å². The molecule has 1 aromatic heterocycles. The molecular weight excluding hydrogens is 438 g/mol. The number of benzene rings is 3. The second kappa shape index (κ2) is 10.4.